The molecule has 0 radical (unpaired) electrons. The number of carbonyl (C=O) groups is 2. The Morgan fingerprint density at radius 2 is 0.833 bits per heavy atom. The molecule has 0 saturated heterocycles. The Labute approximate surface area is 245 Å². The third-order valence-electron chi connectivity index (χ3n) is 8.05. The van der Waals surface area contributed by atoms with E-state index in [-0.39, 0.29) is 11.8 Å². The normalized spacial score (nSPS) is 17.7. The summed E-state index contributed by atoms with van der Waals surface area (Å²) in [5.41, 5.74) is 8.68. The lowest BCUT2D eigenvalue weighted by Crippen LogP contribution is -2.44. The first-order valence-electron chi connectivity index (χ1n) is 14.1. The Balaban J connectivity index is 1.28. The number of para-hydroxylation sites is 2. The summed E-state index contributed by atoms with van der Waals surface area (Å²) in [6.45, 7) is 4.07. The van der Waals surface area contributed by atoms with Gasteiger partial charge in [-0.25, -0.2) is 0 Å². The minimum Gasteiger partial charge on any atom is -0.360 e. The molecule has 42 heavy (non-hydrogen) atoms. The van der Waals surface area contributed by atoms with E-state index in [0.29, 0.717) is 11.1 Å². The van der Waals surface area contributed by atoms with E-state index >= 15 is 0 Å². The predicted molar refractivity (Wildman–Crippen MR) is 168 cm³/mol. The highest BCUT2D eigenvalue weighted by molar-refractivity contribution is 6.13. The van der Waals surface area contributed by atoms with Crippen LogP contribution in [0.5, 0.6) is 0 Å². The molecule has 7 rings (SSSR count). The number of amides is 2. The zero-order valence-corrected chi connectivity index (χ0v) is 23.4. The van der Waals surface area contributed by atoms with E-state index in [4.69, 9.17) is 0 Å². The smallest absolute Gasteiger partial charge is 0.262 e. The number of rotatable bonds is 4. The Morgan fingerprint density at radius 3 is 1.21 bits per heavy atom. The van der Waals surface area contributed by atoms with Crippen molar-refractivity contribution in [2.75, 3.05) is 20.4 Å². The number of nitrogens with zero attached hydrogens (tertiary/aromatic N) is 2. The number of hydrogen-bond acceptors (Lipinski definition) is 4. The molecule has 6 heteroatoms. The summed E-state index contributed by atoms with van der Waals surface area (Å²) < 4.78 is 0. The molecule has 5 aromatic carbocycles. The van der Waals surface area contributed by atoms with Crippen molar-refractivity contribution in [1.82, 2.24) is 0 Å². The summed E-state index contributed by atoms with van der Waals surface area (Å²) in [4.78, 5) is 31.2. The van der Waals surface area contributed by atoms with Crippen molar-refractivity contribution in [3.63, 3.8) is 0 Å². The maximum Gasteiger partial charge on any atom is 0.262 e. The van der Waals surface area contributed by atoms with Gasteiger partial charge in [0, 0.05) is 22.7 Å². The van der Waals surface area contributed by atoms with Gasteiger partial charge in [0.1, 0.15) is 12.3 Å². The highest BCUT2D eigenvalue weighted by atomic mass is 16.2. The second-order valence-electron chi connectivity index (χ2n) is 10.9. The zero-order chi connectivity index (χ0) is 28.8. The maximum absolute atomic E-state index is 13.8. The van der Waals surface area contributed by atoms with Crippen LogP contribution >= 0.6 is 0 Å². The number of aryl methyl sites for hydroxylation is 2. The minimum atomic E-state index is -0.404. The first kappa shape index (κ1) is 25.6. The monoisotopic (exact) mass is 550 g/mol. The predicted octanol–water partition coefficient (Wildman–Crippen LogP) is 7.85. The number of fused-ring (bicyclic) bond motifs is 2. The lowest BCUT2D eigenvalue weighted by molar-refractivity contribution is 0.0966. The summed E-state index contributed by atoms with van der Waals surface area (Å²) in [5.74, 6) is -0.104. The topological polar surface area (TPSA) is 64.7 Å². The van der Waals surface area contributed by atoms with Gasteiger partial charge in [-0.3, -0.25) is 19.4 Å². The molecule has 2 amide bonds. The number of benzene rings is 5. The van der Waals surface area contributed by atoms with Crippen molar-refractivity contribution in [3.8, 4) is 0 Å². The van der Waals surface area contributed by atoms with Crippen molar-refractivity contribution in [2.24, 2.45) is 0 Å². The first-order chi connectivity index (χ1) is 20.5. The average Bonchev–Trinajstić information content (AvgIpc) is 3.02. The SMILES string of the molecule is Cc1ccc(N2C(=O)c3ccccc3NC2c2ccc(C3Nc4ccccc4C(=O)N3c3ccc(C)cc3)cc2)cc1. The Hall–Kier alpha value is -5.36. The van der Waals surface area contributed by atoms with E-state index < -0.39 is 12.3 Å². The molecule has 0 fully saturated rings. The van der Waals surface area contributed by atoms with Crippen LogP contribution in [0.3, 0.4) is 0 Å². The lowest BCUT2D eigenvalue weighted by Gasteiger charge is -2.39. The van der Waals surface area contributed by atoms with Crippen LogP contribution in [0, 0.1) is 13.8 Å². The molecular weight excluding hydrogens is 520 g/mol. The standard InChI is InChI=1S/C36H30N4O2/c1-23-11-19-27(20-12-23)39-33(37-31-9-5-3-7-29(31)35(39)41)25-15-17-26(18-16-25)34-38-32-10-6-4-8-30(32)36(42)40(34)28-21-13-24(2)14-22-28/h3-22,33-34,37-38H,1-2H3. The van der Waals surface area contributed by atoms with E-state index in [0.717, 1.165) is 45.0 Å². The highest BCUT2D eigenvalue weighted by Gasteiger charge is 2.36. The Bertz CT molecular complexity index is 1660. The van der Waals surface area contributed by atoms with Crippen LogP contribution < -0.4 is 20.4 Å². The second-order valence-corrected chi connectivity index (χ2v) is 10.9. The quantitative estimate of drug-likeness (QED) is 0.239. The van der Waals surface area contributed by atoms with Gasteiger partial charge in [0.15, 0.2) is 0 Å². The number of anilines is 4. The van der Waals surface area contributed by atoms with Gasteiger partial charge in [-0.1, -0.05) is 83.9 Å². The molecule has 2 aliphatic rings. The van der Waals surface area contributed by atoms with Crippen LogP contribution in [-0.4, -0.2) is 11.8 Å². The molecular formula is C36H30N4O2. The van der Waals surface area contributed by atoms with Crippen LogP contribution in [0.1, 0.15) is 55.3 Å². The third-order valence-corrected chi connectivity index (χ3v) is 8.05. The molecule has 0 saturated carbocycles. The van der Waals surface area contributed by atoms with Gasteiger partial charge in [0.2, 0.25) is 0 Å². The number of nitrogens with one attached hydrogen (secondary N) is 2. The molecule has 2 N–H and O–H groups in total. The summed E-state index contributed by atoms with van der Waals surface area (Å²) in [5, 5.41) is 7.18. The molecule has 0 aliphatic carbocycles. The highest BCUT2D eigenvalue weighted by Crippen LogP contribution is 2.39. The van der Waals surface area contributed by atoms with Crippen LogP contribution in [0.2, 0.25) is 0 Å². The largest absolute Gasteiger partial charge is 0.360 e. The molecule has 0 bridgehead atoms. The molecule has 206 valence electrons. The third kappa shape index (κ3) is 4.38. The number of carbonyl (C=O) groups excluding carboxylic acids is 2. The Kier molecular flexibility index (Phi) is 6.24. The average molecular weight is 551 g/mol. The minimum absolute atomic E-state index is 0.0519. The van der Waals surface area contributed by atoms with Crippen LogP contribution in [-0.2, 0) is 0 Å². The zero-order valence-electron chi connectivity index (χ0n) is 23.4. The van der Waals surface area contributed by atoms with Crippen molar-refractivity contribution < 1.29 is 9.59 Å². The van der Waals surface area contributed by atoms with Crippen LogP contribution in [0.25, 0.3) is 0 Å². The molecule has 0 spiro atoms. The molecule has 2 unspecified atom stereocenters. The summed E-state index contributed by atoms with van der Waals surface area (Å²) in [6, 6.07) is 39.4. The van der Waals surface area contributed by atoms with E-state index in [1.54, 1.807) is 0 Å². The second kappa shape index (κ2) is 10.2. The Morgan fingerprint density at radius 1 is 0.476 bits per heavy atom. The fourth-order valence-corrected chi connectivity index (χ4v) is 5.78. The molecule has 6 nitrogen and oxygen atoms in total. The van der Waals surface area contributed by atoms with E-state index in [2.05, 4.69) is 10.6 Å². The van der Waals surface area contributed by atoms with Crippen LogP contribution in [0.4, 0.5) is 22.7 Å². The van der Waals surface area contributed by atoms with Gasteiger partial charge in [-0.2, -0.15) is 0 Å². The fraction of sp³-hybridized carbons (Fsp3) is 0.111. The lowest BCUT2D eigenvalue weighted by atomic mass is 9.99. The van der Waals surface area contributed by atoms with E-state index in [9.17, 15) is 9.59 Å². The summed E-state index contributed by atoms with van der Waals surface area (Å²) in [7, 11) is 0. The molecule has 2 aliphatic heterocycles. The molecule has 2 heterocycles. The van der Waals surface area contributed by atoms with Crippen molar-refractivity contribution in [3.05, 3.63) is 155 Å². The molecule has 2 atom stereocenters. The molecule has 5 aromatic rings. The fourth-order valence-electron chi connectivity index (χ4n) is 5.78. The van der Waals surface area contributed by atoms with Crippen molar-refractivity contribution in [1.29, 1.82) is 0 Å². The molecule has 0 aromatic heterocycles. The van der Waals surface area contributed by atoms with E-state index in [1.807, 2.05) is 145 Å². The summed E-state index contributed by atoms with van der Waals surface area (Å²) >= 11 is 0. The van der Waals surface area contributed by atoms with Gasteiger partial charge in [-0.05, 0) is 73.5 Å². The van der Waals surface area contributed by atoms with Gasteiger partial charge in [-0.15, -0.1) is 0 Å². The van der Waals surface area contributed by atoms with Crippen molar-refractivity contribution in [2.45, 2.75) is 26.2 Å². The first-order valence-corrected chi connectivity index (χ1v) is 14.1. The summed E-state index contributed by atoms with van der Waals surface area (Å²) in [6.07, 6.45) is -0.807. The van der Waals surface area contributed by atoms with Crippen molar-refractivity contribution >= 4 is 34.6 Å². The maximum atomic E-state index is 13.8. The van der Waals surface area contributed by atoms with E-state index in [1.165, 1.54) is 0 Å². The van der Waals surface area contributed by atoms with Gasteiger partial charge in [0.25, 0.3) is 11.8 Å². The van der Waals surface area contributed by atoms with Gasteiger partial charge >= 0.3 is 0 Å². The van der Waals surface area contributed by atoms with Gasteiger partial charge < -0.3 is 10.6 Å². The van der Waals surface area contributed by atoms with Crippen LogP contribution in [0.15, 0.2) is 121 Å². The van der Waals surface area contributed by atoms with Gasteiger partial charge in [0.05, 0.1) is 11.1 Å². The number of hydrogen-bond donors (Lipinski definition) is 2.